The summed E-state index contributed by atoms with van der Waals surface area (Å²) in [6.07, 6.45) is 8.44. The molecule has 0 radical (unpaired) electrons. The van der Waals surface area contributed by atoms with E-state index in [-0.39, 0.29) is 15.8 Å². The van der Waals surface area contributed by atoms with Crippen molar-refractivity contribution in [2.75, 3.05) is 5.43 Å². The number of fused-ring (bicyclic) bond motifs is 1. The van der Waals surface area contributed by atoms with Crippen LogP contribution in [0.2, 0.25) is 0 Å². The highest BCUT2D eigenvalue weighted by Crippen LogP contribution is 2.41. The maximum absolute atomic E-state index is 13.4. The van der Waals surface area contributed by atoms with Crippen molar-refractivity contribution in [1.29, 1.82) is 0 Å². The molecule has 0 atom stereocenters. The molecule has 1 aromatic carbocycles. The third-order valence-corrected chi connectivity index (χ3v) is 6.84. The number of hydrazine groups is 1. The third-order valence-electron chi connectivity index (χ3n) is 5.02. The van der Waals surface area contributed by atoms with Gasteiger partial charge in [0.15, 0.2) is 0 Å². The summed E-state index contributed by atoms with van der Waals surface area (Å²) < 4.78 is 28.7. The van der Waals surface area contributed by atoms with Crippen molar-refractivity contribution in [3.63, 3.8) is 0 Å². The Hall–Kier alpha value is -2.45. The minimum Gasteiger partial charge on any atom is -0.320 e. The van der Waals surface area contributed by atoms with E-state index in [2.05, 4.69) is 15.4 Å². The first-order chi connectivity index (χ1) is 12.6. The van der Waals surface area contributed by atoms with Gasteiger partial charge in [0, 0.05) is 6.04 Å². The van der Waals surface area contributed by atoms with Gasteiger partial charge in [0.2, 0.25) is 9.84 Å². The minimum absolute atomic E-state index is 0.120. The largest absolute Gasteiger partial charge is 0.320 e. The fraction of sp³-hybridized carbons (Fsp3) is 0.333. The van der Waals surface area contributed by atoms with Crippen molar-refractivity contribution in [3.05, 3.63) is 42.9 Å². The SMILES string of the molecule is NNc1c(S(=O)(=O)c2ccccc2)c2ncncc2n1C1CCCCC1. The smallest absolute Gasteiger partial charge is 0.212 e. The zero-order valence-corrected chi connectivity index (χ0v) is 15.1. The Balaban J connectivity index is 2.01. The van der Waals surface area contributed by atoms with Gasteiger partial charge in [-0.3, -0.25) is 0 Å². The molecule has 1 aliphatic rings. The predicted molar refractivity (Wildman–Crippen MR) is 99.4 cm³/mol. The second kappa shape index (κ2) is 6.69. The zero-order chi connectivity index (χ0) is 18.1. The van der Waals surface area contributed by atoms with E-state index in [1.165, 1.54) is 12.7 Å². The number of rotatable bonds is 4. The van der Waals surface area contributed by atoms with E-state index in [9.17, 15) is 8.42 Å². The van der Waals surface area contributed by atoms with Gasteiger partial charge in [-0.1, -0.05) is 37.5 Å². The summed E-state index contributed by atoms with van der Waals surface area (Å²) in [4.78, 5) is 8.75. The summed E-state index contributed by atoms with van der Waals surface area (Å²) in [5.41, 5.74) is 3.74. The highest BCUT2D eigenvalue weighted by molar-refractivity contribution is 7.92. The van der Waals surface area contributed by atoms with Crippen LogP contribution in [0.5, 0.6) is 0 Å². The maximum Gasteiger partial charge on any atom is 0.212 e. The third kappa shape index (κ3) is 2.65. The van der Waals surface area contributed by atoms with Crippen molar-refractivity contribution < 1.29 is 8.42 Å². The lowest BCUT2D eigenvalue weighted by atomic mass is 9.95. The Bertz CT molecular complexity index is 1020. The minimum atomic E-state index is -3.78. The molecular weight excluding hydrogens is 350 g/mol. The molecule has 2 heterocycles. The number of nitrogens with two attached hydrogens (primary N) is 1. The average Bonchev–Trinajstić information content (AvgIpc) is 3.04. The van der Waals surface area contributed by atoms with Crippen LogP contribution in [0.3, 0.4) is 0 Å². The van der Waals surface area contributed by atoms with Crippen molar-refractivity contribution in [1.82, 2.24) is 14.5 Å². The molecule has 4 rings (SSSR count). The number of sulfone groups is 1. The molecule has 3 aromatic rings. The van der Waals surface area contributed by atoms with Crippen LogP contribution in [-0.4, -0.2) is 23.0 Å². The number of hydrogen-bond donors (Lipinski definition) is 2. The van der Waals surface area contributed by atoms with Gasteiger partial charge in [-0.05, 0) is 25.0 Å². The molecule has 0 spiro atoms. The Morgan fingerprint density at radius 2 is 1.85 bits per heavy atom. The molecule has 0 aliphatic heterocycles. The van der Waals surface area contributed by atoms with Crippen LogP contribution < -0.4 is 11.3 Å². The fourth-order valence-electron chi connectivity index (χ4n) is 3.84. The summed E-state index contributed by atoms with van der Waals surface area (Å²) >= 11 is 0. The van der Waals surface area contributed by atoms with E-state index < -0.39 is 9.84 Å². The number of anilines is 1. The van der Waals surface area contributed by atoms with Crippen LogP contribution in [0, 0.1) is 0 Å². The molecule has 26 heavy (non-hydrogen) atoms. The van der Waals surface area contributed by atoms with E-state index in [1.807, 2.05) is 4.57 Å². The number of nitrogens with one attached hydrogen (secondary N) is 1. The summed E-state index contributed by atoms with van der Waals surface area (Å²) in [5, 5.41) is 0. The normalized spacial score (nSPS) is 16.0. The van der Waals surface area contributed by atoms with E-state index in [0.717, 1.165) is 25.7 Å². The molecule has 0 amide bonds. The molecule has 1 aliphatic carbocycles. The lowest BCUT2D eigenvalue weighted by molar-refractivity contribution is 0.362. The van der Waals surface area contributed by atoms with Crippen molar-refractivity contribution in [2.24, 2.45) is 5.84 Å². The molecule has 0 unspecified atom stereocenters. The number of nitrogen functional groups attached to an aromatic ring is 1. The maximum atomic E-state index is 13.4. The van der Waals surface area contributed by atoms with Gasteiger partial charge < -0.3 is 9.99 Å². The van der Waals surface area contributed by atoms with Crippen LogP contribution in [0.25, 0.3) is 11.0 Å². The van der Waals surface area contributed by atoms with E-state index >= 15 is 0 Å². The molecular formula is C18H21N5O2S. The first kappa shape index (κ1) is 17.0. The average molecular weight is 371 g/mol. The van der Waals surface area contributed by atoms with Crippen molar-refractivity contribution in [2.45, 2.75) is 47.9 Å². The molecule has 7 nitrogen and oxygen atoms in total. The summed E-state index contributed by atoms with van der Waals surface area (Å²) in [7, 11) is -3.78. The molecule has 136 valence electrons. The van der Waals surface area contributed by atoms with E-state index in [0.29, 0.717) is 16.9 Å². The van der Waals surface area contributed by atoms with Crippen molar-refractivity contribution in [3.8, 4) is 0 Å². The lowest BCUT2D eigenvalue weighted by Gasteiger charge is -2.26. The number of hydrogen-bond acceptors (Lipinski definition) is 6. The van der Waals surface area contributed by atoms with Crippen LogP contribution in [-0.2, 0) is 9.84 Å². The van der Waals surface area contributed by atoms with Crippen molar-refractivity contribution >= 4 is 26.7 Å². The van der Waals surface area contributed by atoms with Gasteiger partial charge >= 0.3 is 0 Å². The summed E-state index contributed by atoms with van der Waals surface area (Å²) in [6, 6.07) is 8.55. The molecule has 2 aromatic heterocycles. The molecule has 8 heteroatoms. The van der Waals surface area contributed by atoms with Gasteiger partial charge in [-0.2, -0.15) is 0 Å². The van der Waals surface area contributed by atoms with Gasteiger partial charge in [-0.15, -0.1) is 0 Å². The predicted octanol–water partition coefficient (Wildman–Crippen LogP) is 3.05. The van der Waals surface area contributed by atoms with Gasteiger partial charge in [0.25, 0.3) is 0 Å². The van der Waals surface area contributed by atoms with E-state index in [1.54, 1.807) is 36.5 Å². The fourth-order valence-corrected chi connectivity index (χ4v) is 5.42. The monoisotopic (exact) mass is 371 g/mol. The highest BCUT2D eigenvalue weighted by Gasteiger charge is 2.32. The first-order valence-electron chi connectivity index (χ1n) is 8.75. The lowest BCUT2D eigenvalue weighted by Crippen LogP contribution is -2.20. The quantitative estimate of drug-likeness (QED) is 0.540. The van der Waals surface area contributed by atoms with Crippen LogP contribution >= 0.6 is 0 Å². The molecule has 3 N–H and O–H groups in total. The molecule has 0 bridgehead atoms. The van der Waals surface area contributed by atoms with Gasteiger partial charge in [-0.25, -0.2) is 24.2 Å². The Morgan fingerprint density at radius 3 is 2.54 bits per heavy atom. The number of benzene rings is 1. The Morgan fingerprint density at radius 1 is 1.12 bits per heavy atom. The molecule has 0 saturated heterocycles. The van der Waals surface area contributed by atoms with Crippen LogP contribution in [0.1, 0.15) is 38.1 Å². The Kier molecular flexibility index (Phi) is 4.37. The second-order valence-electron chi connectivity index (χ2n) is 6.56. The van der Waals surface area contributed by atoms with Gasteiger partial charge in [0.05, 0.1) is 16.6 Å². The number of nitrogens with zero attached hydrogens (tertiary/aromatic N) is 3. The standard InChI is InChI=1S/C18H21N5O2S/c19-22-18-17(26(24,25)14-9-5-2-6-10-14)16-15(11-20-12-21-16)23(18)13-7-3-1-4-8-13/h2,5-6,9-13,22H,1,3-4,7-8,19H2. The first-order valence-corrected chi connectivity index (χ1v) is 10.2. The molecule has 1 fully saturated rings. The summed E-state index contributed by atoms with van der Waals surface area (Å²) in [5.74, 6) is 6.20. The highest BCUT2D eigenvalue weighted by atomic mass is 32.2. The Labute approximate surface area is 152 Å². The van der Waals surface area contributed by atoms with Crippen LogP contribution in [0.4, 0.5) is 5.82 Å². The van der Waals surface area contributed by atoms with Gasteiger partial charge in [0.1, 0.15) is 22.6 Å². The molecule has 1 saturated carbocycles. The zero-order valence-electron chi connectivity index (χ0n) is 14.3. The van der Waals surface area contributed by atoms with Crippen LogP contribution in [0.15, 0.2) is 52.6 Å². The number of aromatic nitrogens is 3. The second-order valence-corrected chi connectivity index (χ2v) is 8.44. The summed E-state index contributed by atoms with van der Waals surface area (Å²) in [6.45, 7) is 0. The van der Waals surface area contributed by atoms with E-state index in [4.69, 9.17) is 5.84 Å². The topological polar surface area (TPSA) is 103 Å².